The summed E-state index contributed by atoms with van der Waals surface area (Å²) in [4.78, 5) is 31.2. The third-order valence-corrected chi connectivity index (χ3v) is 5.08. The van der Waals surface area contributed by atoms with Crippen molar-refractivity contribution >= 4 is 34.2 Å². The number of ether oxygens (including phenoxy) is 1. The Morgan fingerprint density at radius 3 is 2.78 bits per heavy atom. The summed E-state index contributed by atoms with van der Waals surface area (Å²) in [7, 11) is 3.15. The monoisotopic (exact) mass is 435 g/mol. The third kappa shape index (κ3) is 3.62. The van der Waals surface area contributed by atoms with Gasteiger partial charge in [-0.3, -0.25) is 10.1 Å². The number of para-hydroxylation sites is 1. The van der Waals surface area contributed by atoms with Crippen molar-refractivity contribution < 1.29 is 18.8 Å². The number of aryl methyl sites for hydroxylation is 2. The number of nitro benzene ring substituents is 1. The molecule has 0 bridgehead atoms. The number of carbonyl (C=O) groups excluding carboxylic acids is 1. The molecule has 10 heteroatoms. The molecule has 0 saturated carbocycles. The van der Waals surface area contributed by atoms with Crippen LogP contribution >= 0.6 is 0 Å². The lowest BCUT2D eigenvalue weighted by atomic mass is 10.1. The highest BCUT2D eigenvalue weighted by Crippen LogP contribution is 2.32. The van der Waals surface area contributed by atoms with Crippen LogP contribution in [-0.4, -0.2) is 32.5 Å². The average molecular weight is 435 g/mol. The van der Waals surface area contributed by atoms with Crippen molar-refractivity contribution in [3.8, 4) is 11.3 Å². The molecule has 2 heterocycles. The van der Waals surface area contributed by atoms with Gasteiger partial charge < -0.3 is 14.6 Å². The van der Waals surface area contributed by atoms with Gasteiger partial charge in [-0.15, -0.1) is 0 Å². The minimum Gasteiger partial charge on any atom is -0.465 e. The first kappa shape index (κ1) is 20.9. The number of aromatic nitrogens is 3. The van der Waals surface area contributed by atoms with Gasteiger partial charge in [-0.2, -0.15) is 4.39 Å². The first-order valence-electron chi connectivity index (χ1n) is 9.51. The first-order valence-corrected chi connectivity index (χ1v) is 9.51. The van der Waals surface area contributed by atoms with Crippen LogP contribution in [0.3, 0.4) is 0 Å². The van der Waals surface area contributed by atoms with Crippen LogP contribution in [0.15, 0.2) is 48.8 Å². The van der Waals surface area contributed by atoms with E-state index in [1.54, 1.807) is 31.3 Å². The average Bonchev–Trinajstić information content (AvgIpc) is 3.12. The number of esters is 1. The second kappa shape index (κ2) is 8.06. The maximum Gasteiger partial charge on any atom is 0.340 e. The highest BCUT2D eigenvalue weighted by atomic mass is 19.1. The van der Waals surface area contributed by atoms with Gasteiger partial charge in [0.1, 0.15) is 0 Å². The molecule has 0 aliphatic heterocycles. The van der Waals surface area contributed by atoms with E-state index in [1.165, 1.54) is 7.11 Å². The Morgan fingerprint density at radius 2 is 2.06 bits per heavy atom. The maximum atomic E-state index is 13.8. The van der Waals surface area contributed by atoms with Gasteiger partial charge in [0.2, 0.25) is 11.8 Å². The van der Waals surface area contributed by atoms with Crippen molar-refractivity contribution in [3.63, 3.8) is 0 Å². The van der Waals surface area contributed by atoms with E-state index >= 15 is 0 Å². The number of nitrogens with one attached hydrogen (secondary N) is 1. The Labute approximate surface area is 181 Å². The number of anilines is 2. The second-order valence-corrected chi connectivity index (χ2v) is 7.11. The Balaban J connectivity index is 1.77. The lowest BCUT2D eigenvalue weighted by Gasteiger charge is -2.09. The number of rotatable bonds is 5. The molecule has 0 aliphatic carbocycles. The highest BCUT2D eigenvalue weighted by Gasteiger charge is 2.19. The van der Waals surface area contributed by atoms with Crippen molar-refractivity contribution in [3.05, 3.63) is 75.9 Å². The quantitative estimate of drug-likeness (QED) is 0.279. The van der Waals surface area contributed by atoms with Crippen molar-refractivity contribution in [2.24, 2.45) is 7.05 Å². The van der Waals surface area contributed by atoms with E-state index < -0.39 is 22.4 Å². The molecule has 1 N–H and O–H groups in total. The molecule has 0 fully saturated rings. The van der Waals surface area contributed by atoms with Crippen LogP contribution in [0.5, 0.6) is 0 Å². The van der Waals surface area contributed by atoms with E-state index in [9.17, 15) is 19.3 Å². The predicted molar refractivity (Wildman–Crippen MR) is 116 cm³/mol. The Kier molecular flexibility index (Phi) is 5.27. The highest BCUT2D eigenvalue weighted by molar-refractivity contribution is 6.07. The Bertz CT molecular complexity index is 1380. The van der Waals surface area contributed by atoms with Crippen LogP contribution < -0.4 is 5.32 Å². The number of hydrogen-bond acceptors (Lipinski definition) is 7. The molecule has 4 aromatic rings. The fourth-order valence-electron chi connectivity index (χ4n) is 3.57. The Morgan fingerprint density at radius 1 is 1.28 bits per heavy atom. The zero-order valence-corrected chi connectivity index (χ0v) is 17.4. The smallest absolute Gasteiger partial charge is 0.340 e. The molecule has 0 amide bonds. The van der Waals surface area contributed by atoms with E-state index in [0.717, 1.165) is 23.1 Å². The van der Waals surface area contributed by atoms with Gasteiger partial charge in [0.15, 0.2) is 0 Å². The SMILES string of the molecule is COC(=O)c1cccc2c(-c3ccnc(Nc4cc([N+](=O)[O-])c(F)cc4C)n3)cn(C)c12. The van der Waals surface area contributed by atoms with Crippen LogP contribution in [0.1, 0.15) is 15.9 Å². The molecular weight excluding hydrogens is 417 g/mol. The number of halogens is 1. The van der Waals surface area contributed by atoms with E-state index in [0.29, 0.717) is 28.0 Å². The normalized spacial score (nSPS) is 10.9. The topological polar surface area (TPSA) is 112 Å². The summed E-state index contributed by atoms with van der Waals surface area (Å²) in [5, 5.41) is 14.8. The molecule has 0 spiro atoms. The van der Waals surface area contributed by atoms with Crippen molar-refractivity contribution in [1.29, 1.82) is 0 Å². The van der Waals surface area contributed by atoms with E-state index in [4.69, 9.17) is 4.74 Å². The summed E-state index contributed by atoms with van der Waals surface area (Å²) in [6, 6.07) is 9.24. The molecule has 9 nitrogen and oxygen atoms in total. The van der Waals surface area contributed by atoms with Crippen molar-refractivity contribution in [2.75, 3.05) is 12.4 Å². The van der Waals surface area contributed by atoms with Crippen LogP contribution in [0, 0.1) is 22.9 Å². The van der Waals surface area contributed by atoms with Crippen molar-refractivity contribution in [1.82, 2.24) is 14.5 Å². The van der Waals surface area contributed by atoms with Gasteiger partial charge in [0.05, 0.1) is 34.5 Å². The largest absolute Gasteiger partial charge is 0.465 e. The predicted octanol–water partition coefficient (Wildman–Crippen LogP) is 4.52. The Hall–Kier alpha value is -4.34. The number of benzene rings is 2. The van der Waals surface area contributed by atoms with Crippen LogP contribution in [-0.2, 0) is 11.8 Å². The number of methoxy groups -OCH3 is 1. The molecule has 0 aliphatic rings. The fourth-order valence-corrected chi connectivity index (χ4v) is 3.57. The molecular formula is C22H18FN5O4. The van der Waals surface area contributed by atoms with Crippen LogP contribution in [0.2, 0.25) is 0 Å². The molecule has 0 saturated heterocycles. The number of carbonyl (C=O) groups is 1. The third-order valence-electron chi connectivity index (χ3n) is 5.08. The minimum atomic E-state index is -0.912. The van der Waals surface area contributed by atoms with Crippen LogP contribution in [0.25, 0.3) is 22.2 Å². The van der Waals surface area contributed by atoms with Gasteiger partial charge in [-0.25, -0.2) is 14.8 Å². The summed E-state index contributed by atoms with van der Waals surface area (Å²) < 4.78 is 20.5. The standard InChI is InChI=1S/C22H18FN5O4/c1-12-9-16(23)19(28(30)31)10-18(12)26-22-24-8-7-17(25-22)15-11-27(2)20-13(15)5-4-6-14(20)21(29)32-3/h4-11H,1-3H3,(H,24,25,26). The second-order valence-electron chi connectivity index (χ2n) is 7.11. The molecule has 32 heavy (non-hydrogen) atoms. The maximum absolute atomic E-state index is 13.8. The van der Waals surface area contributed by atoms with Gasteiger partial charge in [-0.1, -0.05) is 12.1 Å². The van der Waals surface area contributed by atoms with Gasteiger partial charge in [-0.05, 0) is 30.7 Å². The van der Waals surface area contributed by atoms with Crippen molar-refractivity contribution in [2.45, 2.75) is 6.92 Å². The number of hydrogen-bond donors (Lipinski definition) is 1. The lowest BCUT2D eigenvalue weighted by Crippen LogP contribution is -2.03. The first-order chi connectivity index (χ1) is 15.3. The molecule has 0 atom stereocenters. The summed E-state index contributed by atoms with van der Waals surface area (Å²) in [6.07, 6.45) is 3.39. The fraction of sp³-hybridized carbons (Fsp3) is 0.136. The van der Waals surface area contributed by atoms with Crippen LogP contribution in [0.4, 0.5) is 21.7 Å². The van der Waals surface area contributed by atoms with E-state index in [1.807, 2.05) is 23.9 Å². The number of fused-ring (bicyclic) bond motifs is 1. The lowest BCUT2D eigenvalue weighted by molar-refractivity contribution is -0.387. The molecule has 0 unspecified atom stereocenters. The number of nitrogens with zero attached hydrogens (tertiary/aromatic N) is 4. The molecule has 4 rings (SSSR count). The van der Waals surface area contributed by atoms with E-state index in [2.05, 4.69) is 15.3 Å². The van der Waals surface area contributed by atoms with E-state index in [-0.39, 0.29) is 5.95 Å². The molecule has 2 aromatic carbocycles. The van der Waals surface area contributed by atoms with Gasteiger partial charge >= 0.3 is 11.7 Å². The molecule has 2 aromatic heterocycles. The molecule has 0 radical (unpaired) electrons. The van der Waals surface area contributed by atoms with Gasteiger partial charge in [0.25, 0.3) is 0 Å². The summed E-state index contributed by atoms with van der Waals surface area (Å²) >= 11 is 0. The zero-order valence-electron chi connectivity index (χ0n) is 17.4. The summed E-state index contributed by atoms with van der Waals surface area (Å²) in [6.45, 7) is 1.62. The summed E-state index contributed by atoms with van der Waals surface area (Å²) in [5.41, 5.74) is 2.62. The minimum absolute atomic E-state index is 0.188. The van der Waals surface area contributed by atoms with Gasteiger partial charge in [0, 0.05) is 36.5 Å². The summed E-state index contributed by atoms with van der Waals surface area (Å²) in [5.74, 6) is -1.17. The number of nitro groups is 1. The molecule has 162 valence electrons. The zero-order chi connectivity index (χ0) is 23.0.